The lowest BCUT2D eigenvalue weighted by atomic mass is 10.0. The average molecular weight is 1150 g/mol. The average Bonchev–Trinajstić information content (AvgIpc) is 3.47. The predicted molar refractivity (Wildman–Crippen MR) is 358 cm³/mol. The number of hydrogen-bond acceptors (Lipinski definition) is 6. The van der Waals surface area contributed by atoms with E-state index in [2.05, 4.69) is 69.4 Å². The lowest BCUT2D eigenvalue weighted by Gasteiger charge is -2.18. The molecular weight excluding hydrogens is 1010 g/mol. The molecule has 0 N–H and O–H groups in total. The molecular formula is C76H140O6. The van der Waals surface area contributed by atoms with Crippen LogP contribution in [-0.2, 0) is 28.6 Å². The van der Waals surface area contributed by atoms with Gasteiger partial charge in [-0.1, -0.05) is 371 Å². The van der Waals surface area contributed by atoms with E-state index in [9.17, 15) is 14.4 Å². The van der Waals surface area contributed by atoms with Crippen LogP contribution >= 0.6 is 0 Å². The third kappa shape index (κ3) is 68.2. The van der Waals surface area contributed by atoms with Crippen LogP contribution in [0.15, 0.2) is 48.6 Å². The molecule has 0 fully saturated rings. The van der Waals surface area contributed by atoms with Crippen LogP contribution in [0.1, 0.15) is 400 Å². The summed E-state index contributed by atoms with van der Waals surface area (Å²) in [5, 5.41) is 0. The Balaban J connectivity index is 4.12. The smallest absolute Gasteiger partial charge is 0.306 e. The van der Waals surface area contributed by atoms with Gasteiger partial charge in [-0.2, -0.15) is 0 Å². The number of carbonyl (C=O) groups is 3. The Hall–Kier alpha value is -2.63. The van der Waals surface area contributed by atoms with Crippen molar-refractivity contribution < 1.29 is 28.6 Å². The number of carbonyl (C=O) groups excluding carboxylic acids is 3. The van der Waals surface area contributed by atoms with Gasteiger partial charge in [0.15, 0.2) is 6.10 Å². The summed E-state index contributed by atoms with van der Waals surface area (Å²) in [6, 6.07) is 0. The zero-order valence-electron chi connectivity index (χ0n) is 55.3. The Labute approximate surface area is 511 Å². The van der Waals surface area contributed by atoms with Gasteiger partial charge >= 0.3 is 17.9 Å². The second kappa shape index (κ2) is 70.9. The molecule has 0 aromatic rings. The molecule has 1 unspecified atom stereocenters. The fraction of sp³-hybridized carbons (Fsp3) is 0.855. The summed E-state index contributed by atoms with van der Waals surface area (Å²) < 4.78 is 17.0. The van der Waals surface area contributed by atoms with E-state index < -0.39 is 6.10 Å². The number of unbranched alkanes of at least 4 members (excludes halogenated alkanes) is 49. The molecule has 0 heterocycles. The molecule has 0 saturated carbocycles. The minimum Gasteiger partial charge on any atom is -0.462 e. The van der Waals surface area contributed by atoms with Crippen LogP contribution in [0, 0.1) is 0 Å². The highest BCUT2D eigenvalue weighted by atomic mass is 16.6. The highest BCUT2D eigenvalue weighted by molar-refractivity contribution is 5.71. The van der Waals surface area contributed by atoms with Gasteiger partial charge in [-0.25, -0.2) is 0 Å². The van der Waals surface area contributed by atoms with Gasteiger partial charge in [0.25, 0.3) is 0 Å². The fourth-order valence-electron chi connectivity index (χ4n) is 11.1. The van der Waals surface area contributed by atoms with E-state index in [1.807, 2.05) is 0 Å². The summed E-state index contributed by atoms with van der Waals surface area (Å²) in [4.78, 5) is 38.4. The number of allylic oxidation sites excluding steroid dienone is 8. The van der Waals surface area contributed by atoms with Crippen molar-refractivity contribution in [3.63, 3.8) is 0 Å². The van der Waals surface area contributed by atoms with Gasteiger partial charge < -0.3 is 14.2 Å². The van der Waals surface area contributed by atoms with Gasteiger partial charge in [0.2, 0.25) is 0 Å². The van der Waals surface area contributed by atoms with E-state index in [-0.39, 0.29) is 31.1 Å². The van der Waals surface area contributed by atoms with Crippen molar-refractivity contribution in [3.05, 3.63) is 48.6 Å². The molecule has 0 spiro atoms. The van der Waals surface area contributed by atoms with Crippen LogP contribution in [0.2, 0.25) is 0 Å². The van der Waals surface area contributed by atoms with Crippen LogP contribution in [0.3, 0.4) is 0 Å². The molecule has 82 heavy (non-hydrogen) atoms. The van der Waals surface area contributed by atoms with Crippen LogP contribution in [0.25, 0.3) is 0 Å². The van der Waals surface area contributed by atoms with Crippen LogP contribution in [-0.4, -0.2) is 37.2 Å². The largest absolute Gasteiger partial charge is 0.462 e. The molecule has 0 bridgehead atoms. The van der Waals surface area contributed by atoms with Crippen molar-refractivity contribution in [3.8, 4) is 0 Å². The zero-order chi connectivity index (χ0) is 59.2. The third-order valence-corrected chi connectivity index (χ3v) is 16.6. The quantitative estimate of drug-likeness (QED) is 0.0261. The van der Waals surface area contributed by atoms with Crippen molar-refractivity contribution in [1.29, 1.82) is 0 Å². The maximum Gasteiger partial charge on any atom is 0.306 e. The summed E-state index contributed by atoms with van der Waals surface area (Å²) in [5.41, 5.74) is 0. The molecule has 6 heteroatoms. The Morgan fingerprint density at radius 2 is 0.476 bits per heavy atom. The van der Waals surface area contributed by atoms with E-state index in [1.165, 1.54) is 276 Å². The number of esters is 3. The monoisotopic (exact) mass is 1150 g/mol. The summed E-state index contributed by atoms with van der Waals surface area (Å²) in [6.07, 6.45) is 90.1. The van der Waals surface area contributed by atoms with Gasteiger partial charge in [-0.15, -0.1) is 0 Å². The first-order valence-corrected chi connectivity index (χ1v) is 36.6. The summed E-state index contributed by atoms with van der Waals surface area (Å²) in [5.74, 6) is -0.830. The number of hydrogen-bond donors (Lipinski definition) is 0. The molecule has 1 atom stereocenters. The molecule has 6 nitrogen and oxygen atoms in total. The zero-order valence-corrected chi connectivity index (χ0v) is 55.3. The van der Waals surface area contributed by atoms with Crippen molar-refractivity contribution in [2.45, 2.75) is 406 Å². The van der Waals surface area contributed by atoms with Crippen LogP contribution < -0.4 is 0 Å². The normalized spacial score (nSPS) is 12.3. The minimum absolute atomic E-state index is 0.0641. The van der Waals surface area contributed by atoms with E-state index in [4.69, 9.17) is 14.2 Å². The standard InChI is InChI=1S/C76H140O6/c1-4-7-10-13-16-19-22-25-28-30-31-32-33-34-35-36-37-38-39-40-41-42-43-44-45-47-48-51-54-57-60-63-66-69-75(78)81-72-73(71-80-74(77)68-65-62-59-56-53-50-27-24-21-18-15-12-9-6-3)82-76(79)70-67-64-61-58-55-52-49-46-29-26-23-20-17-14-11-8-5-2/h7,10,16,19,25,28,31-32,73H,4-6,8-9,11-15,17-18,20-24,26-27,29-30,33-72H2,1-3H3/b10-7-,19-16-,28-25-,32-31-. The molecule has 0 rings (SSSR count). The first kappa shape index (κ1) is 79.4. The molecule has 0 aromatic heterocycles. The van der Waals surface area contributed by atoms with Crippen LogP contribution in [0.4, 0.5) is 0 Å². The lowest BCUT2D eigenvalue weighted by Crippen LogP contribution is -2.30. The van der Waals surface area contributed by atoms with Gasteiger partial charge in [0, 0.05) is 19.3 Å². The first-order valence-electron chi connectivity index (χ1n) is 36.6. The van der Waals surface area contributed by atoms with Gasteiger partial charge in [-0.05, 0) is 57.8 Å². The Morgan fingerprint density at radius 3 is 0.744 bits per heavy atom. The molecule has 0 aliphatic heterocycles. The van der Waals surface area contributed by atoms with Crippen molar-refractivity contribution in [2.75, 3.05) is 13.2 Å². The molecule has 0 amide bonds. The maximum atomic E-state index is 12.9. The Kier molecular flexibility index (Phi) is 68.6. The summed E-state index contributed by atoms with van der Waals surface area (Å²) >= 11 is 0. The van der Waals surface area contributed by atoms with Gasteiger partial charge in [0.05, 0.1) is 0 Å². The summed E-state index contributed by atoms with van der Waals surface area (Å²) in [6.45, 7) is 6.61. The Bertz CT molecular complexity index is 1410. The highest BCUT2D eigenvalue weighted by Crippen LogP contribution is 2.19. The fourth-order valence-corrected chi connectivity index (χ4v) is 11.1. The van der Waals surface area contributed by atoms with E-state index in [0.717, 1.165) is 83.5 Å². The van der Waals surface area contributed by atoms with E-state index >= 15 is 0 Å². The second-order valence-corrected chi connectivity index (χ2v) is 24.8. The molecule has 480 valence electrons. The molecule has 0 radical (unpaired) electrons. The topological polar surface area (TPSA) is 78.9 Å². The molecule has 0 saturated heterocycles. The second-order valence-electron chi connectivity index (χ2n) is 24.8. The van der Waals surface area contributed by atoms with E-state index in [0.29, 0.717) is 19.3 Å². The van der Waals surface area contributed by atoms with Crippen LogP contribution in [0.5, 0.6) is 0 Å². The van der Waals surface area contributed by atoms with Crippen molar-refractivity contribution in [2.24, 2.45) is 0 Å². The highest BCUT2D eigenvalue weighted by Gasteiger charge is 2.19. The van der Waals surface area contributed by atoms with Crippen molar-refractivity contribution in [1.82, 2.24) is 0 Å². The molecule has 0 aliphatic rings. The maximum absolute atomic E-state index is 12.9. The molecule has 0 aromatic carbocycles. The summed E-state index contributed by atoms with van der Waals surface area (Å²) in [7, 11) is 0. The molecule has 0 aliphatic carbocycles. The lowest BCUT2D eigenvalue weighted by molar-refractivity contribution is -0.167. The van der Waals surface area contributed by atoms with Gasteiger partial charge in [-0.3, -0.25) is 14.4 Å². The van der Waals surface area contributed by atoms with E-state index in [1.54, 1.807) is 0 Å². The first-order chi connectivity index (χ1) is 40.5. The SMILES string of the molecule is CC/C=C\C/C=C\C/C=C\C/C=C\CCCCCCCCCCCCCCCCCCCCCCC(=O)OCC(COC(=O)CCCCCCCCCCCCCCCC)OC(=O)CCCCCCCCCCCCCCCCCCC. The third-order valence-electron chi connectivity index (χ3n) is 16.6. The van der Waals surface area contributed by atoms with Crippen molar-refractivity contribution >= 4 is 17.9 Å². The Morgan fingerprint density at radius 1 is 0.256 bits per heavy atom. The number of ether oxygens (including phenoxy) is 3. The van der Waals surface area contributed by atoms with Gasteiger partial charge in [0.1, 0.15) is 13.2 Å². The number of rotatable bonds is 68. The minimum atomic E-state index is -0.767. The predicted octanol–water partition coefficient (Wildman–Crippen LogP) is 25.3.